The van der Waals surface area contributed by atoms with Crippen LogP contribution in [0.25, 0.3) is 11.1 Å². The van der Waals surface area contributed by atoms with Gasteiger partial charge in [0.25, 0.3) is 5.91 Å². The van der Waals surface area contributed by atoms with Gasteiger partial charge in [-0.2, -0.15) is 11.8 Å². The van der Waals surface area contributed by atoms with E-state index in [9.17, 15) is 14.4 Å². The van der Waals surface area contributed by atoms with Gasteiger partial charge in [-0.15, -0.1) is 0 Å². The summed E-state index contributed by atoms with van der Waals surface area (Å²) in [6, 6.07) is 15.1. The quantitative estimate of drug-likeness (QED) is 0.532. The number of hydrogen-bond donors (Lipinski definition) is 3. The number of carbonyl (C=O) groups excluding carboxylic acids is 2. The summed E-state index contributed by atoms with van der Waals surface area (Å²) < 4.78 is 5.39. The lowest BCUT2D eigenvalue weighted by Crippen LogP contribution is -2.40. The zero-order valence-corrected chi connectivity index (χ0v) is 18.4. The second-order valence-electron chi connectivity index (χ2n) is 7.13. The lowest BCUT2D eigenvalue weighted by molar-refractivity contribution is -0.141. The predicted octanol–water partition coefficient (Wildman–Crippen LogP) is 2.85. The molecule has 0 unspecified atom stereocenters. The first-order chi connectivity index (χ1) is 15.5. The van der Waals surface area contributed by atoms with Gasteiger partial charge in [-0.05, 0) is 46.6 Å². The van der Waals surface area contributed by atoms with Gasteiger partial charge in [-0.25, -0.2) is 9.59 Å². The molecule has 8 heteroatoms. The fraction of sp³-hybridized carbons (Fsp3) is 0.292. The maximum Gasteiger partial charge on any atom is 0.407 e. The topological polar surface area (TPSA) is 105 Å². The average Bonchev–Trinajstić information content (AvgIpc) is 3.11. The molecule has 0 aliphatic heterocycles. The Kier molecular flexibility index (Phi) is 8.17. The second-order valence-corrected chi connectivity index (χ2v) is 8.11. The number of thioether (sulfide) groups is 1. The summed E-state index contributed by atoms with van der Waals surface area (Å²) in [7, 11) is 0. The van der Waals surface area contributed by atoms with Crippen LogP contribution in [0.3, 0.4) is 0 Å². The standard InChI is InChI=1S/C24H24N2O5S/c1-32-14-12-21(23(28)29)26-22(27)11-6-13-25-24(30)31-15-20-18-9-4-2-7-16(18)17-8-3-5-10-19(17)20/h2-5,7-10,20-21H,12-15H2,1H3,(H,25,30)(H,26,27)(H,28,29)/t21-/m0/s1. The molecule has 0 heterocycles. The number of benzene rings is 2. The van der Waals surface area contributed by atoms with Crippen LogP contribution in [-0.4, -0.2) is 54.3 Å². The van der Waals surface area contributed by atoms with Gasteiger partial charge in [0.05, 0.1) is 6.54 Å². The third-order valence-corrected chi connectivity index (χ3v) is 5.72. The summed E-state index contributed by atoms with van der Waals surface area (Å²) in [5, 5.41) is 14.0. The van der Waals surface area contributed by atoms with Crippen LogP contribution in [0.2, 0.25) is 0 Å². The van der Waals surface area contributed by atoms with Gasteiger partial charge in [0.2, 0.25) is 0 Å². The summed E-state index contributed by atoms with van der Waals surface area (Å²) in [4.78, 5) is 35.0. The van der Waals surface area contributed by atoms with Gasteiger partial charge >= 0.3 is 12.1 Å². The minimum absolute atomic E-state index is 0.0424. The predicted molar refractivity (Wildman–Crippen MR) is 123 cm³/mol. The van der Waals surface area contributed by atoms with Gasteiger partial charge in [-0.3, -0.25) is 4.79 Å². The number of rotatable bonds is 8. The molecule has 0 saturated carbocycles. The van der Waals surface area contributed by atoms with Gasteiger partial charge < -0.3 is 20.5 Å². The number of hydrogen-bond acceptors (Lipinski definition) is 5. The van der Waals surface area contributed by atoms with Crippen LogP contribution in [0, 0.1) is 11.8 Å². The molecule has 0 spiro atoms. The van der Waals surface area contributed by atoms with Crippen molar-refractivity contribution in [2.24, 2.45) is 0 Å². The molecule has 0 aromatic heterocycles. The van der Waals surface area contributed by atoms with E-state index < -0.39 is 24.0 Å². The maximum absolute atomic E-state index is 12.1. The molecular formula is C24H24N2O5S. The molecule has 1 aliphatic rings. The Balaban J connectivity index is 1.48. The SMILES string of the molecule is CSCC[C@H](NC(=O)C#CCNC(=O)OCC1c2ccccc2-c2ccccc21)C(=O)O. The van der Waals surface area contributed by atoms with Crippen molar-refractivity contribution in [2.45, 2.75) is 18.4 Å². The number of amides is 2. The molecule has 1 aliphatic carbocycles. The van der Waals surface area contributed by atoms with Crippen molar-refractivity contribution in [3.05, 3.63) is 59.7 Å². The molecule has 1 atom stereocenters. The number of carboxylic acid groups (broad SMARTS) is 1. The molecule has 0 radical (unpaired) electrons. The molecule has 32 heavy (non-hydrogen) atoms. The minimum Gasteiger partial charge on any atom is -0.480 e. The van der Waals surface area contributed by atoms with E-state index in [1.807, 2.05) is 42.7 Å². The molecule has 3 rings (SSSR count). The average molecular weight is 453 g/mol. The Hall–Kier alpha value is -3.44. The molecule has 0 saturated heterocycles. The molecule has 2 amide bonds. The monoisotopic (exact) mass is 452 g/mol. The highest BCUT2D eigenvalue weighted by Crippen LogP contribution is 2.44. The van der Waals surface area contributed by atoms with E-state index in [1.54, 1.807) is 0 Å². The number of aliphatic carboxylic acids is 1. The fourth-order valence-electron chi connectivity index (χ4n) is 3.58. The number of carbonyl (C=O) groups is 3. The zero-order chi connectivity index (χ0) is 22.9. The number of alkyl carbamates (subject to hydrolysis) is 1. The molecule has 7 nitrogen and oxygen atoms in total. The number of carboxylic acids is 1. The molecule has 2 aromatic rings. The van der Waals surface area contributed by atoms with Crippen molar-refractivity contribution in [3.63, 3.8) is 0 Å². The number of nitrogens with one attached hydrogen (secondary N) is 2. The van der Waals surface area contributed by atoms with Crippen LogP contribution in [0.1, 0.15) is 23.5 Å². The zero-order valence-electron chi connectivity index (χ0n) is 17.6. The molecule has 166 valence electrons. The number of fused-ring (bicyclic) bond motifs is 3. The summed E-state index contributed by atoms with van der Waals surface area (Å²) in [5.74, 6) is 3.54. The first-order valence-corrected chi connectivity index (χ1v) is 11.5. The molecule has 0 bridgehead atoms. The van der Waals surface area contributed by atoms with Crippen molar-refractivity contribution < 1.29 is 24.2 Å². The van der Waals surface area contributed by atoms with E-state index in [4.69, 9.17) is 9.84 Å². The van der Waals surface area contributed by atoms with Gasteiger partial charge in [0.15, 0.2) is 0 Å². The lowest BCUT2D eigenvalue weighted by atomic mass is 9.98. The Labute approximate surface area is 190 Å². The minimum atomic E-state index is -1.11. The third-order valence-electron chi connectivity index (χ3n) is 5.08. The van der Waals surface area contributed by atoms with Crippen LogP contribution in [0.15, 0.2) is 48.5 Å². The van der Waals surface area contributed by atoms with Crippen molar-refractivity contribution in [3.8, 4) is 23.0 Å². The van der Waals surface area contributed by atoms with E-state index >= 15 is 0 Å². The first-order valence-electron chi connectivity index (χ1n) is 10.1. The van der Waals surface area contributed by atoms with Crippen molar-refractivity contribution in [1.82, 2.24) is 10.6 Å². The number of ether oxygens (including phenoxy) is 1. The highest BCUT2D eigenvalue weighted by molar-refractivity contribution is 7.98. The summed E-state index contributed by atoms with van der Waals surface area (Å²) in [6.45, 7) is 0.0934. The van der Waals surface area contributed by atoms with Crippen LogP contribution in [0.5, 0.6) is 0 Å². The van der Waals surface area contributed by atoms with E-state index in [0.29, 0.717) is 12.2 Å². The fourth-order valence-corrected chi connectivity index (χ4v) is 4.05. The van der Waals surface area contributed by atoms with Gasteiger partial charge in [0.1, 0.15) is 12.6 Å². The second kappa shape index (κ2) is 11.3. The summed E-state index contributed by atoms with van der Waals surface area (Å²) >= 11 is 1.49. The largest absolute Gasteiger partial charge is 0.480 e. The molecule has 0 fully saturated rings. The highest BCUT2D eigenvalue weighted by Gasteiger charge is 2.28. The third kappa shape index (κ3) is 5.83. The normalized spacial score (nSPS) is 12.5. The first kappa shape index (κ1) is 23.2. The van der Waals surface area contributed by atoms with Crippen LogP contribution >= 0.6 is 11.8 Å². The summed E-state index contributed by atoms with van der Waals surface area (Å²) in [6.07, 6.45) is 1.53. The Bertz CT molecular complexity index is 1010. The van der Waals surface area contributed by atoms with Gasteiger partial charge in [-0.1, -0.05) is 54.5 Å². The van der Waals surface area contributed by atoms with Crippen LogP contribution < -0.4 is 10.6 Å². The van der Waals surface area contributed by atoms with E-state index in [1.165, 1.54) is 11.8 Å². The van der Waals surface area contributed by atoms with Crippen LogP contribution in [0.4, 0.5) is 4.79 Å². The van der Waals surface area contributed by atoms with Crippen LogP contribution in [-0.2, 0) is 14.3 Å². The molecule has 2 aromatic carbocycles. The van der Waals surface area contributed by atoms with Gasteiger partial charge in [0, 0.05) is 5.92 Å². The lowest BCUT2D eigenvalue weighted by Gasteiger charge is -2.14. The van der Waals surface area contributed by atoms with Crippen molar-refractivity contribution in [2.75, 3.05) is 25.2 Å². The van der Waals surface area contributed by atoms with Crippen molar-refractivity contribution >= 4 is 29.7 Å². The smallest absolute Gasteiger partial charge is 0.407 e. The Morgan fingerprint density at radius 2 is 1.72 bits per heavy atom. The molecular weight excluding hydrogens is 428 g/mol. The van der Waals surface area contributed by atoms with E-state index in [0.717, 1.165) is 22.3 Å². The molecule has 3 N–H and O–H groups in total. The van der Waals surface area contributed by atoms with Crippen molar-refractivity contribution in [1.29, 1.82) is 0 Å². The maximum atomic E-state index is 12.1. The summed E-state index contributed by atoms with van der Waals surface area (Å²) in [5.41, 5.74) is 4.53. The Morgan fingerprint density at radius 3 is 2.31 bits per heavy atom. The van der Waals surface area contributed by atoms with E-state index in [-0.39, 0.29) is 19.1 Å². The Morgan fingerprint density at radius 1 is 1.09 bits per heavy atom. The van der Waals surface area contributed by atoms with E-state index in [2.05, 4.69) is 34.6 Å². The highest BCUT2D eigenvalue weighted by atomic mass is 32.2.